The lowest BCUT2D eigenvalue weighted by Gasteiger charge is -2.40. The number of methoxy groups -OCH3 is 1. The maximum Gasteiger partial charge on any atom is 0.417 e. The van der Waals surface area contributed by atoms with Crippen molar-refractivity contribution < 1.29 is 40.6 Å². The molecule has 0 radical (unpaired) electrons. The van der Waals surface area contributed by atoms with Gasteiger partial charge in [-0.05, 0) is 56.3 Å². The third-order valence-corrected chi connectivity index (χ3v) is 13.1. The van der Waals surface area contributed by atoms with Crippen LogP contribution < -0.4 is 15.4 Å². The Bertz CT molecular complexity index is 2290. The molecule has 4 aliphatic heterocycles. The number of likely N-dealkylation sites (tertiary alicyclic amines) is 2. The predicted octanol–water partition coefficient (Wildman–Crippen LogP) is 6.71. The van der Waals surface area contributed by atoms with Crippen molar-refractivity contribution in [3.05, 3.63) is 41.0 Å². The second kappa shape index (κ2) is 13.5. The minimum Gasteiger partial charge on any atom is -0.461 e. The first-order chi connectivity index (χ1) is 26.8. The third-order valence-electron chi connectivity index (χ3n) is 12.1. The number of nitriles is 1. The molecule has 4 aromatic rings. The largest absolute Gasteiger partial charge is 0.461 e. The van der Waals surface area contributed by atoms with E-state index in [1.165, 1.54) is 0 Å². The number of fused-ring (bicyclic) bond motifs is 3. The number of hydrogen-bond acceptors (Lipinski definition) is 10. The van der Waals surface area contributed by atoms with Gasteiger partial charge in [0.25, 0.3) is 0 Å². The van der Waals surface area contributed by atoms with E-state index >= 15 is 22.0 Å². The van der Waals surface area contributed by atoms with Crippen LogP contribution in [0.15, 0.2) is 18.2 Å². The van der Waals surface area contributed by atoms with Gasteiger partial charge >= 0.3 is 18.2 Å². The van der Waals surface area contributed by atoms with E-state index in [1.807, 2.05) is 15.9 Å². The molecule has 5 aliphatic rings. The summed E-state index contributed by atoms with van der Waals surface area (Å²) in [5.74, 6) is -2.15. The zero-order chi connectivity index (χ0) is 39.3. The Morgan fingerprint density at radius 3 is 2.61 bits per heavy atom. The van der Waals surface area contributed by atoms with Gasteiger partial charge in [-0.2, -0.15) is 28.4 Å². The van der Waals surface area contributed by atoms with E-state index < -0.39 is 46.2 Å². The fourth-order valence-corrected chi connectivity index (χ4v) is 10.1. The van der Waals surface area contributed by atoms with Gasteiger partial charge in [-0.15, -0.1) is 11.3 Å². The van der Waals surface area contributed by atoms with Crippen LogP contribution >= 0.6 is 11.3 Å². The zero-order valence-electron chi connectivity index (χ0n) is 30.3. The number of benzene rings is 2. The van der Waals surface area contributed by atoms with Crippen LogP contribution in [0, 0.1) is 23.0 Å². The van der Waals surface area contributed by atoms with Gasteiger partial charge in [0.1, 0.15) is 41.0 Å². The minimum absolute atomic E-state index is 0.0147. The molecular formula is C38H38F6N8O3S. The molecule has 2 aromatic carbocycles. The van der Waals surface area contributed by atoms with Crippen molar-refractivity contribution in [3.63, 3.8) is 0 Å². The fraction of sp³-hybridized carbons (Fsp3) is 0.526. The van der Waals surface area contributed by atoms with Crippen molar-refractivity contribution in [2.45, 2.75) is 74.6 Å². The van der Waals surface area contributed by atoms with Crippen LogP contribution in [0.1, 0.15) is 49.7 Å². The number of nitrogen functional groups attached to an aromatic ring is 1. The lowest BCUT2D eigenvalue weighted by molar-refractivity contribution is -0.137. The van der Waals surface area contributed by atoms with Crippen molar-refractivity contribution in [1.29, 1.82) is 5.26 Å². The highest BCUT2D eigenvalue weighted by molar-refractivity contribution is 7.23. The Labute approximate surface area is 321 Å². The number of halogens is 6. The molecule has 2 N–H and O–H groups in total. The number of aromatic nitrogens is 2. The number of rotatable bonds is 8. The summed E-state index contributed by atoms with van der Waals surface area (Å²) in [5.41, 5.74) is 1.99. The highest BCUT2D eigenvalue weighted by Gasteiger charge is 2.50. The summed E-state index contributed by atoms with van der Waals surface area (Å²) in [7, 11) is 1.59. The summed E-state index contributed by atoms with van der Waals surface area (Å²) in [6.07, 6.45) is -2.62. The minimum atomic E-state index is -5.12. The van der Waals surface area contributed by atoms with Crippen molar-refractivity contribution in [3.8, 4) is 23.2 Å². The molecule has 3 atom stereocenters. The highest BCUT2D eigenvalue weighted by Crippen LogP contribution is 2.49. The molecular weight excluding hydrogens is 763 g/mol. The number of nitrogens with zero attached hydrogens (tertiary/aromatic N) is 7. The normalized spacial score (nSPS) is 24.2. The van der Waals surface area contributed by atoms with Gasteiger partial charge in [0.05, 0.1) is 46.6 Å². The topological polar surface area (TPSA) is 124 Å². The van der Waals surface area contributed by atoms with Crippen LogP contribution in [0.25, 0.3) is 32.1 Å². The molecule has 0 bridgehead atoms. The summed E-state index contributed by atoms with van der Waals surface area (Å²) in [6, 6.07) is 3.61. The Morgan fingerprint density at radius 1 is 1.11 bits per heavy atom. The third kappa shape index (κ3) is 6.04. The predicted molar refractivity (Wildman–Crippen MR) is 196 cm³/mol. The van der Waals surface area contributed by atoms with Crippen LogP contribution in [0.4, 0.5) is 42.0 Å². The molecule has 6 heterocycles. The molecule has 5 fully saturated rings. The molecule has 11 nitrogen and oxygen atoms in total. The van der Waals surface area contributed by atoms with E-state index in [1.54, 1.807) is 16.9 Å². The monoisotopic (exact) mass is 800 g/mol. The first-order valence-corrected chi connectivity index (χ1v) is 19.5. The van der Waals surface area contributed by atoms with Crippen LogP contribution in [-0.2, 0) is 10.9 Å². The van der Waals surface area contributed by atoms with Gasteiger partial charge in [0.2, 0.25) is 0 Å². The van der Waals surface area contributed by atoms with Crippen LogP contribution in [0.3, 0.4) is 0 Å². The number of anilines is 2. The first kappa shape index (κ1) is 37.0. The molecule has 3 unspecified atom stereocenters. The van der Waals surface area contributed by atoms with Crippen molar-refractivity contribution in [1.82, 2.24) is 24.7 Å². The standard InChI is InChI=1S/C38H38F6N8O3S/c1-54-22-16-50(17-22)36(53)49-10-7-21(15-49)52(20-3-4-20)34-24-11-26(38(42,43)44)29(23-5-6-27(40)32-28(23)25(13-45)33(46)56-32)30(41)31(24)47-35(48-34)55-18-37-8-2-9-51(37)14-19(39)12-37/h5-6,11,19-22H,2-4,7-10,12,14-18,46H2,1H3. The summed E-state index contributed by atoms with van der Waals surface area (Å²) in [4.78, 5) is 29.8. The van der Waals surface area contributed by atoms with Crippen molar-refractivity contribution >= 4 is 49.2 Å². The Morgan fingerprint density at radius 2 is 1.89 bits per heavy atom. The Balaban J connectivity index is 1.20. The van der Waals surface area contributed by atoms with E-state index in [0.29, 0.717) is 63.2 Å². The maximum absolute atomic E-state index is 17.4. The molecule has 2 aromatic heterocycles. The van der Waals surface area contributed by atoms with Crippen LogP contribution in [-0.4, -0.2) is 114 Å². The number of carbonyl (C=O) groups excluding carboxylic acids is 1. The summed E-state index contributed by atoms with van der Waals surface area (Å²) < 4.78 is 104. The Hall–Kier alpha value is -4.60. The molecule has 1 saturated carbocycles. The number of nitrogens with two attached hydrogens (primary N) is 1. The van der Waals surface area contributed by atoms with Gasteiger partial charge in [-0.3, -0.25) is 4.90 Å². The lowest BCUT2D eigenvalue weighted by Crippen LogP contribution is -2.58. The zero-order valence-corrected chi connectivity index (χ0v) is 31.2. The van der Waals surface area contributed by atoms with Gasteiger partial charge in [-0.25, -0.2) is 18.0 Å². The first-order valence-electron chi connectivity index (χ1n) is 18.7. The smallest absolute Gasteiger partial charge is 0.417 e. The molecule has 0 spiro atoms. The van der Waals surface area contributed by atoms with E-state index in [9.17, 15) is 14.4 Å². The summed E-state index contributed by atoms with van der Waals surface area (Å²) >= 11 is 0.687. The summed E-state index contributed by atoms with van der Waals surface area (Å²) in [5, 5.41) is 9.35. The van der Waals surface area contributed by atoms with Gasteiger partial charge in [0.15, 0.2) is 5.82 Å². The lowest BCUT2D eigenvalue weighted by atomic mass is 9.92. The molecule has 56 heavy (non-hydrogen) atoms. The van der Waals surface area contributed by atoms with Crippen molar-refractivity contribution in [2.24, 2.45) is 0 Å². The molecule has 18 heteroatoms. The maximum atomic E-state index is 17.4. The van der Waals surface area contributed by atoms with Crippen LogP contribution in [0.5, 0.6) is 6.01 Å². The quantitative estimate of drug-likeness (QED) is 0.194. The Kier molecular flexibility index (Phi) is 8.93. The second-order valence-electron chi connectivity index (χ2n) is 15.5. The molecule has 2 amide bonds. The SMILES string of the molecule is COC1CN(C(=O)N2CCC(N(c3nc(OCC45CCCN4CC(F)C5)nc4c(F)c(-c5ccc(F)c6sc(N)c(C#N)c56)c(C(F)(F)F)cc34)C3CC3)C2)C1. The second-order valence-corrected chi connectivity index (χ2v) is 16.6. The van der Waals surface area contributed by atoms with E-state index in [0.717, 1.165) is 24.6 Å². The number of hydrogen-bond donors (Lipinski definition) is 1. The number of thiophene rings is 1. The van der Waals surface area contributed by atoms with Gasteiger partial charge in [0, 0.05) is 55.5 Å². The number of ether oxygens (including phenoxy) is 2. The number of urea groups is 1. The van der Waals surface area contributed by atoms with Gasteiger partial charge < -0.3 is 29.9 Å². The highest BCUT2D eigenvalue weighted by atomic mass is 32.1. The number of carbonyl (C=O) groups is 1. The van der Waals surface area contributed by atoms with Crippen LogP contribution in [0.2, 0.25) is 0 Å². The van der Waals surface area contributed by atoms with E-state index in [2.05, 4.69) is 4.98 Å². The van der Waals surface area contributed by atoms with Gasteiger partial charge in [-0.1, -0.05) is 6.07 Å². The fourth-order valence-electron chi connectivity index (χ4n) is 9.18. The van der Waals surface area contributed by atoms with Crippen molar-refractivity contribution in [2.75, 3.05) is 63.6 Å². The number of amides is 2. The van der Waals surface area contributed by atoms with E-state index in [4.69, 9.17) is 20.2 Å². The molecule has 1 aliphatic carbocycles. The molecule has 9 rings (SSSR count). The van der Waals surface area contributed by atoms with E-state index in [-0.39, 0.29) is 93.8 Å². The summed E-state index contributed by atoms with van der Waals surface area (Å²) in [6.45, 7) is 2.50. The molecule has 296 valence electrons. The number of alkyl halides is 4. The molecule has 4 saturated heterocycles. The average Bonchev–Trinajstić information content (AvgIpc) is 3.40. The average molecular weight is 801 g/mol.